The molecule has 0 amide bonds. The average Bonchev–Trinajstić information content (AvgIpc) is 2.42. The Balaban J connectivity index is 2.00. The summed E-state index contributed by atoms with van der Waals surface area (Å²) in [6, 6.07) is 1.75. The van der Waals surface area contributed by atoms with Crippen molar-refractivity contribution >= 4 is 27.1 Å². The maximum Gasteiger partial charge on any atom is 0.270 e. The Hall–Kier alpha value is -1.47. The quantitative estimate of drug-likeness (QED) is 0.845. The minimum atomic E-state index is -0.696. The molecule has 2 aromatic heterocycles. The van der Waals surface area contributed by atoms with Crippen LogP contribution in [0.25, 0.3) is 11.2 Å². The second-order valence-electron chi connectivity index (χ2n) is 5.58. The molecule has 0 saturated heterocycles. The fourth-order valence-electron chi connectivity index (χ4n) is 2.73. The molecular formula is C14H16BrN3O3. The highest BCUT2D eigenvalue weighted by Gasteiger charge is 2.40. The number of nitrogens with zero attached hydrogens (tertiary/aromatic N) is 3. The lowest BCUT2D eigenvalue weighted by Gasteiger charge is -2.41. The van der Waals surface area contributed by atoms with Crippen molar-refractivity contribution in [2.24, 2.45) is 0 Å². The molecule has 1 N–H and O–H groups in total. The van der Waals surface area contributed by atoms with Crippen LogP contribution in [0.4, 0.5) is 0 Å². The number of pyridine rings is 1. The molecule has 2 heterocycles. The maximum atomic E-state index is 12.1. The topological polar surface area (TPSA) is 77.2 Å². The molecule has 2 aromatic rings. The van der Waals surface area contributed by atoms with Gasteiger partial charge in [0.2, 0.25) is 0 Å². The van der Waals surface area contributed by atoms with E-state index < -0.39 is 5.60 Å². The lowest BCUT2D eigenvalue weighted by molar-refractivity contribution is -0.0507. The molecule has 1 saturated carbocycles. The Morgan fingerprint density at radius 3 is 2.90 bits per heavy atom. The average molecular weight is 354 g/mol. The maximum absolute atomic E-state index is 12.1. The molecule has 21 heavy (non-hydrogen) atoms. The Bertz CT molecular complexity index is 721. The Kier molecular flexibility index (Phi) is 3.71. The smallest absolute Gasteiger partial charge is 0.270 e. The molecule has 1 fully saturated rings. The summed E-state index contributed by atoms with van der Waals surface area (Å²) in [7, 11) is 0. The van der Waals surface area contributed by atoms with Crippen LogP contribution in [-0.4, -0.2) is 37.2 Å². The standard InChI is InChI=1S/C14H16BrN3O3/c1-14(20)5-9(6-14)18-12(19)8-16-11-4-10(21-3-2-15)7-17-13(11)18/h4,7-9,20H,2-3,5-6H2,1H3. The van der Waals surface area contributed by atoms with Gasteiger partial charge in [-0.05, 0) is 19.8 Å². The highest BCUT2D eigenvalue weighted by Crippen LogP contribution is 2.40. The van der Waals surface area contributed by atoms with E-state index in [4.69, 9.17) is 4.74 Å². The SMILES string of the molecule is CC1(O)CC(n2c(=O)cnc3cc(OCCBr)cnc32)C1. The fourth-order valence-corrected chi connectivity index (χ4v) is 2.89. The van der Waals surface area contributed by atoms with Gasteiger partial charge in [0.25, 0.3) is 5.56 Å². The highest BCUT2D eigenvalue weighted by molar-refractivity contribution is 9.09. The summed E-state index contributed by atoms with van der Waals surface area (Å²) in [5, 5.41) is 10.6. The number of alkyl halides is 1. The van der Waals surface area contributed by atoms with Crippen molar-refractivity contribution in [2.75, 3.05) is 11.9 Å². The number of aromatic nitrogens is 3. The van der Waals surface area contributed by atoms with Crippen molar-refractivity contribution in [2.45, 2.75) is 31.4 Å². The Morgan fingerprint density at radius 2 is 2.24 bits per heavy atom. The summed E-state index contributed by atoms with van der Waals surface area (Å²) in [4.78, 5) is 20.5. The largest absolute Gasteiger partial charge is 0.491 e. The number of aliphatic hydroxyl groups is 1. The van der Waals surface area contributed by atoms with Crippen LogP contribution in [0.1, 0.15) is 25.8 Å². The molecular weight excluding hydrogens is 338 g/mol. The lowest BCUT2D eigenvalue weighted by Crippen LogP contribution is -2.45. The third kappa shape index (κ3) is 2.80. The first kappa shape index (κ1) is 14.5. The van der Waals surface area contributed by atoms with Crippen molar-refractivity contribution in [3.63, 3.8) is 0 Å². The van der Waals surface area contributed by atoms with Gasteiger partial charge in [-0.25, -0.2) is 9.97 Å². The molecule has 112 valence electrons. The van der Waals surface area contributed by atoms with E-state index in [9.17, 15) is 9.90 Å². The predicted molar refractivity (Wildman–Crippen MR) is 82.0 cm³/mol. The van der Waals surface area contributed by atoms with Gasteiger partial charge < -0.3 is 9.84 Å². The van der Waals surface area contributed by atoms with Gasteiger partial charge in [-0.3, -0.25) is 9.36 Å². The van der Waals surface area contributed by atoms with Crippen molar-refractivity contribution in [1.29, 1.82) is 0 Å². The fraction of sp³-hybridized carbons (Fsp3) is 0.500. The number of fused-ring (bicyclic) bond motifs is 1. The molecule has 1 aliphatic carbocycles. The van der Waals surface area contributed by atoms with Gasteiger partial charge in [-0.1, -0.05) is 15.9 Å². The molecule has 7 heteroatoms. The van der Waals surface area contributed by atoms with Crippen LogP contribution in [0.15, 0.2) is 23.3 Å². The summed E-state index contributed by atoms with van der Waals surface area (Å²) in [6.07, 6.45) is 4.00. The first-order chi connectivity index (χ1) is 10.00. The van der Waals surface area contributed by atoms with Gasteiger partial charge in [0.1, 0.15) is 11.3 Å². The van der Waals surface area contributed by atoms with Crippen molar-refractivity contribution < 1.29 is 9.84 Å². The van der Waals surface area contributed by atoms with Crippen molar-refractivity contribution in [3.8, 4) is 5.75 Å². The molecule has 0 aromatic carbocycles. The highest BCUT2D eigenvalue weighted by atomic mass is 79.9. The second kappa shape index (κ2) is 5.38. The van der Waals surface area contributed by atoms with Crippen LogP contribution in [0.2, 0.25) is 0 Å². The zero-order valence-electron chi connectivity index (χ0n) is 11.6. The van der Waals surface area contributed by atoms with Crippen LogP contribution in [-0.2, 0) is 0 Å². The molecule has 1 aliphatic rings. The van der Waals surface area contributed by atoms with Crippen molar-refractivity contribution in [1.82, 2.24) is 14.5 Å². The van der Waals surface area contributed by atoms with Crippen LogP contribution < -0.4 is 10.3 Å². The van der Waals surface area contributed by atoms with Crippen LogP contribution in [0.3, 0.4) is 0 Å². The molecule has 0 aliphatic heterocycles. The van der Waals surface area contributed by atoms with Gasteiger partial charge in [0, 0.05) is 17.4 Å². The molecule has 0 radical (unpaired) electrons. The third-order valence-electron chi connectivity index (χ3n) is 3.66. The lowest BCUT2D eigenvalue weighted by atomic mass is 9.77. The van der Waals surface area contributed by atoms with Crippen molar-refractivity contribution in [3.05, 3.63) is 28.8 Å². The Morgan fingerprint density at radius 1 is 1.48 bits per heavy atom. The molecule has 3 rings (SSSR count). The minimum absolute atomic E-state index is 0.0280. The molecule has 6 nitrogen and oxygen atoms in total. The number of ether oxygens (including phenoxy) is 1. The van der Waals surface area contributed by atoms with Crippen LogP contribution in [0, 0.1) is 0 Å². The number of rotatable bonds is 4. The minimum Gasteiger partial charge on any atom is -0.491 e. The van der Waals surface area contributed by atoms with E-state index in [1.165, 1.54) is 6.20 Å². The summed E-state index contributed by atoms with van der Waals surface area (Å²) in [5.41, 5.74) is 0.269. The second-order valence-corrected chi connectivity index (χ2v) is 6.37. The van der Waals surface area contributed by atoms with Crippen LogP contribution in [0.5, 0.6) is 5.75 Å². The summed E-state index contributed by atoms with van der Waals surface area (Å²) in [6.45, 7) is 2.32. The number of hydrogen-bond acceptors (Lipinski definition) is 5. The van der Waals surface area contributed by atoms with Gasteiger partial charge in [-0.15, -0.1) is 0 Å². The Labute approximate surface area is 129 Å². The molecule has 0 bridgehead atoms. The zero-order valence-corrected chi connectivity index (χ0v) is 13.2. The van der Waals surface area contributed by atoms with Gasteiger partial charge in [-0.2, -0.15) is 0 Å². The molecule has 0 atom stereocenters. The van der Waals surface area contributed by atoms with E-state index in [0.717, 1.165) is 5.33 Å². The van der Waals surface area contributed by atoms with E-state index in [0.29, 0.717) is 36.4 Å². The van der Waals surface area contributed by atoms with E-state index >= 15 is 0 Å². The number of halogens is 1. The molecule has 0 spiro atoms. The summed E-state index contributed by atoms with van der Waals surface area (Å²) >= 11 is 3.29. The summed E-state index contributed by atoms with van der Waals surface area (Å²) < 4.78 is 7.11. The first-order valence-corrected chi connectivity index (χ1v) is 7.91. The zero-order chi connectivity index (χ0) is 15.0. The van der Waals surface area contributed by atoms with Gasteiger partial charge >= 0.3 is 0 Å². The van der Waals surface area contributed by atoms with Gasteiger partial charge in [0.15, 0.2) is 5.65 Å². The van der Waals surface area contributed by atoms with E-state index in [-0.39, 0.29) is 11.6 Å². The summed E-state index contributed by atoms with van der Waals surface area (Å²) in [5.74, 6) is 0.625. The van der Waals surface area contributed by atoms with E-state index in [1.54, 1.807) is 23.8 Å². The van der Waals surface area contributed by atoms with Gasteiger partial charge in [0.05, 0.1) is 24.6 Å². The third-order valence-corrected chi connectivity index (χ3v) is 3.99. The first-order valence-electron chi connectivity index (χ1n) is 6.79. The number of hydrogen-bond donors (Lipinski definition) is 1. The molecule has 0 unspecified atom stereocenters. The predicted octanol–water partition coefficient (Wildman–Crippen LogP) is 1.65. The van der Waals surface area contributed by atoms with E-state index in [1.807, 2.05) is 0 Å². The van der Waals surface area contributed by atoms with E-state index in [2.05, 4.69) is 25.9 Å². The van der Waals surface area contributed by atoms with Crippen LogP contribution >= 0.6 is 15.9 Å². The normalized spacial score (nSPS) is 24.8. The monoisotopic (exact) mass is 353 g/mol.